The van der Waals surface area contributed by atoms with Crippen molar-refractivity contribution in [3.63, 3.8) is 0 Å². The highest BCUT2D eigenvalue weighted by Gasteiger charge is 2.28. The number of halogens is 1. The Hall–Kier alpha value is -1.89. The predicted octanol–water partition coefficient (Wildman–Crippen LogP) is 1.48. The molecule has 0 amide bonds. The molecule has 2 atom stereocenters. The van der Waals surface area contributed by atoms with Gasteiger partial charge in [-0.05, 0) is 25.1 Å². The number of aliphatic hydroxyl groups is 2. The maximum Gasteiger partial charge on any atom is 0.338 e. The number of hydrogen-bond donors (Lipinski definition) is 2. The van der Waals surface area contributed by atoms with Crippen LogP contribution in [0.25, 0.3) is 5.69 Å². The number of rotatable bonds is 5. The van der Waals surface area contributed by atoms with Crippen molar-refractivity contribution in [1.29, 1.82) is 0 Å². The summed E-state index contributed by atoms with van der Waals surface area (Å²) in [7, 11) is 0. The Labute approximate surface area is 126 Å². The van der Waals surface area contributed by atoms with Crippen LogP contribution >= 0.6 is 11.6 Å². The first kappa shape index (κ1) is 15.5. The predicted molar refractivity (Wildman–Crippen MR) is 76.2 cm³/mol. The van der Waals surface area contributed by atoms with Crippen molar-refractivity contribution in [3.8, 4) is 5.69 Å². The highest BCUT2D eigenvalue weighted by Crippen LogP contribution is 2.20. The van der Waals surface area contributed by atoms with Gasteiger partial charge in [-0.3, -0.25) is 0 Å². The summed E-state index contributed by atoms with van der Waals surface area (Å²) in [6.45, 7) is 1.75. The van der Waals surface area contributed by atoms with Crippen LogP contribution in [0.15, 0.2) is 36.7 Å². The van der Waals surface area contributed by atoms with Crippen molar-refractivity contribution in [2.45, 2.75) is 19.1 Å². The Bertz CT molecular complexity index is 629. The van der Waals surface area contributed by atoms with Gasteiger partial charge in [-0.2, -0.15) is 5.10 Å². The van der Waals surface area contributed by atoms with Gasteiger partial charge in [-0.25, -0.2) is 9.48 Å². The van der Waals surface area contributed by atoms with Crippen LogP contribution in [0.4, 0.5) is 0 Å². The van der Waals surface area contributed by atoms with E-state index in [9.17, 15) is 15.0 Å². The second kappa shape index (κ2) is 6.71. The van der Waals surface area contributed by atoms with Gasteiger partial charge in [-0.15, -0.1) is 0 Å². The zero-order valence-corrected chi connectivity index (χ0v) is 12.1. The molecular weight excluding hydrogens is 296 g/mol. The summed E-state index contributed by atoms with van der Waals surface area (Å²) in [5.74, 6) is -0.875. The quantitative estimate of drug-likeness (QED) is 0.817. The first-order chi connectivity index (χ1) is 10.0. The van der Waals surface area contributed by atoms with Crippen LogP contribution in [0.2, 0.25) is 5.02 Å². The van der Waals surface area contributed by atoms with Crippen molar-refractivity contribution < 1.29 is 19.7 Å². The average molecular weight is 311 g/mol. The minimum Gasteiger partial charge on any atom is -0.464 e. The lowest BCUT2D eigenvalue weighted by Crippen LogP contribution is -2.29. The monoisotopic (exact) mass is 310 g/mol. The third-order valence-electron chi connectivity index (χ3n) is 2.84. The Morgan fingerprint density at radius 1 is 1.48 bits per heavy atom. The lowest BCUT2D eigenvalue weighted by atomic mass is 10.1. The van der Waals surface area contributed by atoms with Crippen LogP contribution < -0.4 is 0 Å². The van der Waals surface area contributed by atoms with E-state index in [4.69, 9.17) is 11.6 Å². The van der Waals surface area contributed by atoms with Crippen molar-refractivity contribution in [2.75, 3.05) is 6.61 Å². The minimum absolute atomic E-state index is 0.129. The molecule has 1 aromatic heterocycles. The summed E-state index contributed by atoms with van der Waals surface area (Å²) in [5.41, 5.74) is 1.00. The zero-order chi connectivity index (χ0) is 15.4. The van der Waals surface area contributed by atoms with Crippen molar-refractivity contribution in [1.82, 2.24) is 9.78 Å². The second-order valence-corrected chi connectivity index (χ2v) is 4.78. The Morgan fingerprint density at radius 3 is 2.90 bits per heavy atom. The molecule has 112 valence electrons. The summed E-state index contributed by atoms with van der Waals surface area (Å²) < 4.78 is 6.15. The SMILES string of the molecule is CCOC(=O)C(O)C(O)c1cnn(-c2cccc(Cl)c2)c1. The first-order valence-corrected chi connectivity index (χ1v) is 6.74. The Balaban J connectivity index is 2.17. The van der Waals surface area contributed by atoms with Gasteiger partial charge in [0.25, 0.3) is 0 Å². The molecule has 0 bridgehead atoms. The molecular formula is C14H15ClN2O4. The zero-order valence-electron chi connectivity index (χ0n) is 11.3. The van der Waals surface area contributed by atoms with E-state index in [2.05, 4.69) is 9.84 Å². The van der Waals surface area contributed by atoms with Crippen molar-refractivity contribution in [2.24, 2.45) is 0 Å². The molecule has 1 aromatic carbocycles. The molecule has 0 aliphatic rings. The number of aliphatic hydroxyl groups excluding tert-OH is 2. The van der Waals surface area contributed by atoms with E-state index >= 15 is 0 Å². The van der Waals surface area contributed by atoms with Crippen molar-refractivity contribution in [3.05, 3.63) is 47.2 Å². The lowest BCUT2D eigenvalue weighted by Gasteiger charge is -2.14. The molecule has 0 spiro atoms. The van der Waals surface area contributed by atoms with Gasteiger partial charge < -0.3 is 14.9 Å². The topological polar surface area (TPSA) is 84.6 Å². The van der Waals surface area contributed by atoms with Gasteiger partial charge in [0.2, 0.25) is 0 Å². The van der Waals surface area contributed by atoms with Gasteiger partial charge in [-0.1, -0.05) is 17.7 Å². The number of carbonyl (C=O) groups excluding carboxylic acids is 1. The highest BCUT2D eigenvalue weighted by atomic mass is 35.5. The van der Waals surface area contributed by atoms with Gasteiger partial charge in [0.1, 0.15) is 6.10 Å². The normalized spacial score (nSPS) is 13.7. The number of hydrogen-bond acceptors (Lipinski definition) is 5. The van der Waals surface area contributed by atoms with Crippen LogP contribution in [0.3, 0.4) is 0 Å². The fourth-order valence-electron chi connectivity index (χ4n) is 1.79. The van der Waals surface area contributed by atoms with E-state index in [0.29, 0.717) is 16.3 Å². The fraction of sp³-hybridized carbons (Fsp3) is 0.286. The first-order valence-electron chi connectivity index (χ1n) is 6.36. The summed E-state index contributed by atoms with van der Waals surface area (Å²) in [6.07, 6.45) is -0.175. The van der Waals surface area contributed by atoms with Crippen LogP contribution in [0.5, 0.6) is 0 Å². The molecule has 21 heavy (non-hydrogen) atoms. The van der Waals surface area contributed by atoms with E-state index < -0.39 is 18.2 Å². The fourth-order valence-corrected chi connectivity index (χ4v) is 1.97. The number of carbonyl (C=O) groups is 1. The number of nitrogens with zero attached hydrogens (tertiary/aromatic N) is 2. The maximum atomic E-state index is 11.4. The number of benzene rings is 1. The molecule has 6 nitrogen and oxygen atoms in total. The van der Waals surface area contributed by atoms with Crippen molar-refractivity contribution >= 4 is 17.6 Å². The molecule has 2 aromatic rings. The molecule has 0 aliphatic heterocycles. The molecule has 0 fully saturated rings. The number of aromatic nitrogens is 2. The average Bonchev–Trinajstić information content (AvgIpc) is 2.95. The minimum atomic E-state index is -1.65. The number of ether oxygens (including phenoxy) is 1. The number of esters is 1. The van der Waals surface area contributed by atoms with E-state index in [1.807, 2.05) is 0 Å². The van der Waals surface area contributed by atoms with Crippen LogP contribution in [0, 0.1) is 0 Å². The van der Waals surface area contributed by atoms with Gasteiger partial charge in [0, 0.05) is 16.8 Å². The second-order valence-electron chi connectivity index (χ2n) is 4.34. The smallest absolute Gasteiger partial charge is 0.338 e. The van der Waals surface area contributed by atoms with E-state index in [-0.39, 0.29) is 6.61 Å². The molecule has 0 aliphatic carbocycles. The summed E-state index contributed by atoms with van der Waals surface area (Å²) in [6, 6.07) is 6.99. The third-order valence-corrected chi connectivity index (χ3v) is 3.08. The third kappa shape index (κ3) is 3.60. The molecule has 2 unspecified atom stereocenters. The van der Waals surface area contributed by atoms with Crippen LogP contribution in [-0.4, -0.2) is 38.7 Å². The largest absolute Gasteiger partial charge is 0.464 e. The molecule has 0 saturated carbocycles. The van der Waals surface area contributed by atoms with E-state index in [1.165, 1.54) is 17.1 Å². The van der Waals surface area contributed by atoms with Crippen LogP contribution in [-0.2, 0) is 9.53 Å². The maximum absolute atomic E-state index is 11.4. The summed E-state index contributed by atoms with van der Waals surface area (Å²) in [4.78, 5) is 11.4. The van der Waals surface area contributed by atoms with Crippen LogP contribution in [0.1, 0.15) is 18.6 Å². The summed E-state index contributed by atoms with van der Waals surface area (Å²) >= 11 is 5.90. The highest BCUT2D eigenvalue weighted by molar-refractivity contribution is 6.30. The molecule has 7 heteroatoms. The standard InChI is InChI=1S/C14H15ClN2O4/c1-2-21-14(20)13(19)12(18)9-7-16-17(8-9)11-5-3-4-10(15)6-11/h3-8,12-13,18-19H,2H2,1H3. The lowest BCUT2D eigenvalue weighted by molar-refractivity contribution is -0.159. The van der Waals surface area contributed by atoms with Gasteiger partial charge in [0.05, 0.1) is 18.5 Å². The molecule has 2 N–H and O–H groups in total. The molecule has 1 heterocycles. The molecule has 0 saturated heterocycles. The van der Waals surface area contributed by atoms with Gasteiger partial charge in [0.15, 0.2) is 6.10 Å². The van der Waals surface area contributed by atoms with E-state index in [1.54, 1.807) is 31.2 Å². The van der Waals surface area contributed by atoms with Gasteiger partial charge >= 0.3 is 5.97 Å². The molecule has 0 radical (unpaired) electrons. The summed E-state index contributed by atoms with van der Waals surface area (Å²) in [5, 5.41) is 24.3. The molecule has 2 rings (SSSR count). The Morgan fingerprint density at radius 2 is 2.24 bits per heavy atom. The van der Waals surface area contributed by atoms with E-state index in [0.717, 1.165) is 0 Å². The Kier molecular flexibility index (Phi) is 4.95.